The summed E-state index contributed by atoms with van der Waals surface area (Å²) < 4.78 is 0. The summed E-state index contributed by atoms with van der Waals surface area (Å²) in [5.74, 6) is -0.207. The number of carbonyl (C=O) groups is 1. The van der Waals surface area contributed by atoms with Gasteiger partial charge in [0.15, 0.2) is 0 Å². The van der Waals surface area contributed by atoms with Crippen molar-refractivity contribution >= 4 is 17.5 Å². The minimum Gasteiger partial charge on any atom is -0.478 e. The summed E-state index contributed by atoms with van der Waals surface area (Å²) >= 11 is 0. The van der Waals surface area contributed by atoms with Crippen molar-refractivity contribution in [2.24, 2.45) is 5.92 Å². The van der Waals surface area contributed by atoms with Crippen LogP contribution in [0.5, 0.6) is 0 Å². The molecule has 1 aromatic heterocycles. The molecule has 1 aromatic rings. The van der Waals surface area contributed by atoms with Gasteiger partial charge in [-0.1, -0.05) is 13.8 Å². The average molecular weight is 251 g/mol. The molecule has 18 heavy (non-hydrogen) atoms. The molecule has 1 atom stereocenters. The van der Waals surface area contributed by atoms with Gasteiger partial charge in [0.05, 0.1) is 17.4 Å². The molecule has 100 valence electrons. The van der Waals surface area contributed by atoms with E-state index < -0.39 is 5.97 Å². The van der Waals surface area contributed by atoms with E-state index in [4.69, 9.17) is 5.73 Å². The maximum atomic E-state index is 11.2. The van der Waals surface area contributed by atoms with E-state index in [2.05, 4.69) is 25.8 Å². The maximum Gasteiger partial charge on any atom is 0.338 e. The van der Waals surface area contributed by atoms with Gasteiger partial charge in [-0.2, -0.15) is 0 Å². The zero-order valence-corrected chi connectivity index (χ0v) is 11.3. The number of aromatic carboxylic acids is 1. The molecule has 1 unspecified atom stereocenters. The Morgan fingerprint density at radius 1 is 1.50 bits per heavy atom. The molecule has 0 aliphatic rings. The van der Waals surface area contributed by atoms with Crippen LogP contribution in [-0.2, 0) is 0 Å². The fraction of sp³-hybridized carbons (Fsp3) is 0.538. The van der Waals surface area contributed by atoms with Crippen molar-refractivity contribution < 1.29 is 9.90 Å². The van der Waals surface area contributed by atoms with E-state index in [-0.39, 0.29) is 17.4 Å². The smallest absolute Gasteiger partial charge is 0.338 e. The van der Waals surface area contributed by atoms with Gasteiger partial charge in [-0.25, -0.2) is 9.78 Å². The summed E-state index contributed by atoms with van der Waals surface area (Å²) in [6.45, 7) is 6.36. The van der Waals surface area contributed by atoms with Crippen molar-refractivity contribution in [3.05, 3.63) is 17.8 Å². The number of nitrogens with zero attached hydrogens (tertiary/aromatic N) is 2. The lowest BCUT2D eigenvalue weighted by molar-refractivity contribution is 0.0697. The predicted octanol–water partition coefficient (Wildman–Crippen LogP) is 2.23. The van der Waals surface area contributed by atoms with Gasteiger partial charge in [0.2, 0.25) is 0 Å². The molecule has 0 saturated carbocycles. The highest BCUT2D eigenvalue weighted by Gasteiger charge is 2.19. The van der Waals surface area contributed by atoms with Gasteiger partial charge in [0.1, 0.15) is 5.82 Å². The van der Waals surface area contributed by atoms with Crippen LogP contribution in [0.15, 0.2) is 12.3 Å². The molecule has 0 bridgehead atoms. The van der Waals surface area contributed by atoms with Gasteiger partial charge in [0, 0.05) is 13.1 Å². The number of hydrogen-bond donors (Lipinski definition) is 2. The van der Waals surface area contributed by atoms with E-state index >= 15 is 0 Å². The molecule has 0 aliphatic heterocycles. The highest BCUT2D eigenvalue weighted by Crippen LogP contribution is 2.24. The van der Waals surface area contributed by atoms with Crippen LogP contribution in [0.3, 0.4) is 0 Å². The van der Waals surface area contributed by atoms with Crippen LogP contribution in [0.1, 0.15) is 37.6 Å². The third-order valence-corrected chi connectivity index (χ3v) is 2.99. The molecule has 0 saturated heterocycles. The van der Waals surface area contributed by atoms with Crippen molar-refractivity contribution in [1.29, 1.82) is 0 Å². The van der Waals surface area contributed by atoms with Crippen molar-refractivity contribution in [3.8, 4) is 0 Å². The summed E-state index contributed by atoms with van der Waals surface area (Å²) in [6, 6.07) is 1.64. The fourth-order valence-corrected chi connectivity index (χ4v) is 1.99. The number of pyridine rings is 1. The number of nitrogen functional groups attached to an aromatic ring is 1. The van der Waals surface area contributed by atoms with E-state index in [9.17, 15) is 9.90 Å². The first kappa shape index (κ1) is 14.3. The van der Waals surface area contributed by atoms with Crippen LogP contribution in [-0.4, -0.2) is 29.1 Å². The third kappa shape index (κ3) is 3.35. The summed E-state index contributed by atoms with van der Waals surface area (Å²) in [7, 11) is 1.88. The first-order chi connectivity index (χ1) is 8.32. The second-order valence-electron chi connectivity index (χ2n) is 5.02. The Hall–Kier alpha value is -1.78. The van der Waals surface area contributed by atoms with Crippen molar-refractivity contribution in [2.75, 3.05) is 17.7 Å². The molecule has 5 nitrogen and oxygen atoms in total. The van der Waals surface area contributed by atoms with Crippen LogP contribution in [0.2, 0.25) is 0 Å². The lowest BCUT2D eigenvalue weighted by Crippen LogP contribution is -2.31. The predicted molar refractivity (Wildman–Crippen MR) is 72.9 cm³/mol. The molecule has 0 amide bonds. The van der Waals surface area contributed by atoms with Gasteiger partial charge in [-0.15, -0.1) is 0 Å². The standard InChI is InChI=1S/C13H21N3O2/c1-8(2)5-9(3)16(4)11-7-15-12(14)6-10(11)13(17)18/h6-9H,5H2,1-4H3,(H2,14,15)(H,17,18). The van der Waals surface area contributed by atoms with E-state index in [1.807, 2.05) is 11.9 Å². The highest BCUT2D eigenvalue weighted by molar-refractivity contribution is 5.95. The van der Waals surface area contributed by atoms with Gasteiger partial charge in [0.25, 0.3) is 0 Å². The molecule has 5 heteroatoms. The molecule has 0 spiro atoms. The molecule has 1 rings (SSSR count). The topological polar surface area (TPSA) is 79.5 Å². The number of carboxylic acid groups (broad SMARTS) is 1. The molecule has 0 radical (unpaired) electrons. The van der Waals surface area contributed by atoms with E-state index in [0.29, 0.717) is 11.6 Å². The SMILES string of the molecule is CC(C)CC(C)N(C)c1cnc(N)cc1C(=O)O. The number of carboxylic acids is 1. The number of aromatic nitrogens is 1. The second-order valence-corrected chi connectivity index (χ2v) is 5.02. The molecular weight excluding hydrogens is 230 g/mol. The molecule has 0 aromatic carbocycles. The molecular formula is C13H21N3O2. The minimum atomic E-state index is -0.984. The third-order valence-electron chi connectivity index (χ3n) is 2.99. The fourth-order valence-electron chi connectivity index (χ4n) is 1.99. The van der Waals surface area contributed by atoms with E-state index in [0.717, 1.165) is 6.42 Å². The Bertz CT molecular complexity index is 432. The summed E-state index contributed by atoms with van der Waals surface area (Å²) in [4.78, 5) is 17.1. The molecule has 1 heterocycles. The Balaban J connectivity index is 3.04. The van der Waals surface area contributed by atoms with Crippen LogP contribution < -0.4 is 10.6 Å². The van der Waals surface area contributed by atoms with Gasteiger partial charge in [-0.3, -0.25) is 0 Å². The van der Waals surface area contributed by atoms with Crippen molar-refractivity contribution in [1.82, 2.24) is 4.98 Å². The number of anilines is 2. The lowest BCUT2D eigenvalue weighted by Gasteiger charge is -2.29. The van der Waals surface area contributed by atoms with Gasteiger partial charge >= 0.3 is 5.97 Å². The van der Waals surface area contributed by atoms with Crippen LogP contribution >= 0.6 is 0 Å². The zero-order valence-electron chi connectivity index (χ0n) is 11.3. The summed E-state index contributed by atoms with van der Waals surface area (Å²) in [6.07, 6.45) is 2.51. The largest absolute Gasteiger partial charge is 0.478 e. The van der Waals surface area contributed by atoms with Crippen molar-refractivity contribution in [3.63, 3.8) is 0 Å². The van der Waals surface area contributed by atoms with E-state index in [1.54, 1.807) is 0 Å². The van der Waals surface area contributed by atoms with E-state index in [1.165, 1.54) is 12.3 Å². The second kappa shape index (κ2) is 5.71. The number of rotatable bonds is 5. The summed E-state index contributed by atoms with van der Waals surface area (Å²) in [5, 5.41) is 9.19. The van der Waals surface area contributed by atoms with Crippen LogP contribution in [0.25, 0.3) is 0 Å². The molecule has 3 N–H and O–H groups in total. The molecule has 0 aliphatic carbocycles. The normalized spacial score (nSPS) is 12.5. The lowest BCUT2D eigenvalue weighted by atomic mass is 10.0. The maximum absolute atomic E-state index is 11.2. The Labute approximate surface area is 108 Å². The summed E-state index contributed by atoms with van der Waals surface area (Å²) in [5.41, 5.74) is 6.33. The Morgan fingerprint density at radius 3 is 2.61 bits per heavy atom. The van der Waals surface area contributed by atoms with Crippen LogP contribution in [0, 0.1) is 5.92 Å². The number of hydrogen-bond acceptors (Lipinski definition) is 4. The van der Waals surface area contributed by atoms with Crippen LogP contribution in [0.4, 0.5) is 11.5 Å². The Morgan fingerprint density at radius 2 is 2.11 bits per heavy atom. The van der Waals surface area contributed by atoms with Crippen molar-refractivity contribution in [2.45, 2.75) is 33.2 Å². The first-order valence-electron chi connectivity index (χ1n) is 6.04. The Kier molecular flexibility index (Phi) is 4.53. The van der Waals surface area contributed by atoms with Gasteiger partial charge in [-0.05, 0) is 25.3 Å². The highest BCUT2D eigenvalue weighted by atomic mass is 16.4. The minimum absolute atomic E-state index is 0.195. The monoisotopic (exact) mass is 251 g/mol. The van der Waals surface area contributed by atoms with Gasteiger partial charge < -0.3 is 15.7 Å². The quantitative estimate of drug-likeness (QED) is 0.839. The first-order valence-corrected chi connectivity index (χ1v) is 6.04. The average Bonchev–Trinajstić information content (AvgIpc) is 2.26. The zero-order chi connectivity index (χ0) is 13.9. The number of nitrogens with two attached hydrogens (primary N) is 1. The molecule has 0 fully saturated rings.